The standard InChI is InChI=1S/C15H21BrN4O/c1-4-12-15(16)14(20(2)19-12)9-13(18-17)10-6-5-7-11(8-10)21-3/h5-8,13,18H,4,9,17H2,1-3H3. The lowest BCUT2D eigenvalue weighted by molar-refractivity contribution is 0.412. The third kappa shape index (κ3) is 3.45. The second-order valence-electron chi connectivity index (χ2n) is 4.88. The van der Waals surface area contributed by atoms with Crippen LogP contribution in [-0.4, -0.2) is 16.9 Å². The molecule has 1 atom stereocenters. The first kappa shape index (κ1) is 16.0. The summed E-state index contributed by atoms with van der Waals surface area (Å²) in [4.78, 5) is 0. The van der Waals surface area contributed by atoms with E-state index in [1.165, 1.54) is 0 Å². The maximum absolute atomic E-state index is 5.75. The van der Waals surface area contributed by atoms with Gasteiger partial charge >= 0.3 is 0 Å². The highest BCUT2D eigenvalue weighted by Gasteiger charge is 2.18. The Kier molecular flexibility index (Phi) is 5.39. The van der Waals surface area contributed by atoms with Gasteiger partial charge < -0.3 is 4.74 Å². The van der Waals surface area contributed by atoms with Crippen LogP contribution in [0.4, 0.5) is 0 Å². The minimum absolute atomic E-state index is 0.00324. The Bertz CT molecular complexity index is 612. The van der Waals surface area contributed by atoms with E-state index in [1.54, 1.807) is 7.11 Å². The molecule has 21 heavy (non-hydrogen) atoms. The van der Waals surface area contributed by atoms with Crippen LogP contribution in [0.5, 0.6) is 5.75 Å². The van der Waals surface area contributed by atoms with E-state index in [-0.39, 0.29) is 6.04 Å². The van der Waals surface area contributed by atoms with Gasteiger partial charge in [-0.25, -0.2) is 0 Å². The topological polar surface area (TPSA) is 65.1 Å². The number of methoxy groups -OCH3 is 1. The fraction of sp³-hybridized carbons (Fsp3) is 0.400. The normalized spacial score (nSPS) is 12.4. The van der Waals surface area contributed by atoms with Gasteiger partial charge in [-0.3, -0.25) is 16.0 Å². The van der Waals surface area contributed by atoms with E-state index < -0.39 is 0 Å². The van der Waals surface area contributed by atoms with Crippen LogP contribution < -0.4 is 16.0 Å². The van der Waals surface area contributed by atoms with Crippen LogP contribution in [-0.2, 0) is 19.9 Å². The zero-order chi connectivity index (χ0) is 15.4. The van der Waals surface area contributed by atoms with E-state index in [2.05, 4.69) is 33.4 Å². The highest BCUT2D eigenvalue weighted by Crippen LogP contribution is 2.27. The number of ether oxygens (including phenoxy) is 1. The van der Waals surface area contributed by atoms with Crippen LogP contribution in [0.3, 0.4) is 0 Å². The first-order valence-corrected chi connectivity index (χ1v) is 7.70. The van der Waals surface area contributed by atoms with Crippen molar-refractivity contribution in [2.75, 3.05) is 7.11 Å². The lowest BCUT2D eigenvalue weighted by atomic mass is 10.0. The minimum Gasteiger partial charge on any atom is -0.497 e. The molecule has 0 spiro atoms. The van der Waals surface area contributed by atoms with E-state index in [0.29, 0.717) is 0 Å². The summed E-state index contributed by atoms with van der Waals surface area (Å²) in [6.07, 6.45) is 1.64. The average Bonchev–Trinajstić information content (AvgIpc) is 2.79. The van der Waals surface area contributed by atoms with Gasteiger partial charge in [0, 0.05) is 13.5 Å². The minimum atomic E-state index is -0.00324. The zero-order valence-corrected chi connectivity index (χ0v) is 14.1. The molecule has 3 N–H and O–H groups in total. The summed E-state index contributed by atoms with van der Waals surface area (Å²) in [5, 5.41) is 4.52. The van der Waals surface area contributed by atoms with Crippen molar-refractivity contribution in [1.29, 1.82) is 0 Å². The van der Waals surface area contributed by atoms with Crippen LogP contribution >= 0.6 is 15.9 Å². The third-order valence-electron chi connectivity index (χ3n) is 3.60. The first-order valence-electron chi connectivity index (χ1n) is 6.91. The first-order chi connectivity index (χ1) is 10.1. The Balaban J connectivity index is 2.28. The number of aromatic nitrogens is 2. The predicted molar refractivity (Wildman–Crippen MR) is 87.0 cm³/mol. The number of nitrogens with zero attached hydrogens (tertiary/aromatic N) is 2. The van der Waals surface area contributed by atoms with E-state index in [9.17, 15) is 0 Å². The summed E-state index contributed by atoms with van der Waals surface area (Å²) in [6.45, 7) is 2.09. The van der Waals surface area contributed by atoms with E-state index in [1.807, 2.05) is 36.0 Å². The summed E-state index contributed by atoms with van der Waals surface area (Å²) in [5.74, 6) is 6.57. The summed E-state index contributed by atoms with van der Waals surface area (Å²) in [5.41, 5.74) is 6.16. The predicted octanol–water partition coefficient (Wildman–Crippen LogP) is 2.50. The van der Waals surface area contributed by atoms with Gasteiger partial charge in [-0.2, -0.15) is 5.10 Å². The lowest BCUT2D eigenvalue weighted by Crippen LogP contribution is -2.30. The third-order valence-corrected chi connectivity index (χ3v) is 4.51. The summed E-state index contributed by atoms with van der Waals surface area (Å²) < 4.78 is 8.25. The van der Waals surface area contributed by atoms with Crippen molar-refractivity contribution in [3.05, 3.63) is 45.7 Å². The van der Waals surface area contributed by atoms with Gasteiger partial charge in [0.2, 0.25) is 0 Å². The molecule has 0 bridgehead atoms. The number of hydrogen-bond acceptors (Lipinski definition) is 4. The Morgan fingerprint density at radius 3 is 2.81 bits per heavy atom. The molecular formula is C15H21BrN4O. The quantitative estimate of drug-likeness (QED) is 0.619. The molecule has 0 amide bonds. The van der Waals surface area contributed by atoms with Crippen molar-refractivity contribution in [2.45, 2.75) is 25.8 Å². The second kappa shape index (κ2) is 7.06. The molecule has 0 aliphatic heterocycles. The number of aryl methyl sites for hydroxylation is 2. The SMILES string of the molecule is CCc1nn(C)c(CC(NN)c2cccc(OC)c2)c1Br. The molecule has 2 aromatic rings. The van der Waals surface area contributed by atoms with Gasteiger partial charge in [-0.05, 0) is 40.0 Å². The smallest absolute Gasteiger partial charge is 0.119 e. The average molecular weight is 353 g/mol. The zero-order valence-electron chi connectivity index (χ0n) is 12.6. The highest BCUT2D eigenvalue weighted by molar-refractivity contribution is 9.10. The fourth-order valence-corrected chi connectivity index (χ4v) is 3.14. The monoisotopic (exact) mass is 352 g/mol. The summed E-state index contributed by atoms with van der Waals surface area (Å²) >= 11 is 3.64. The van der Waals surface area contributed by atoms with Crippen LogP contribution in [0.1, 0.15) is 29.9 Å². The van der Waals surface area contributed by atoms with Crippen molar-refractivity contribution in [1.82, 2.24) is 15.2 Å². The number of hydrazine groups is 1. The van der Waals surface area contributed by atoms with Gasteiger partial charge in [-0.1, -0.05) is 19.1 Å². The molecule has 6 heteroatoms. The van der Waals surface area contributed by atoms with Gasteiger partial charge in [0.15, 0.2) is 0 Å². The van der Waals surface area contributed by atoms with Crippen LogP contribution in [0, 0.1) is 0 Å². The van der Waals surface area contributed by atoms with Gasteiger partial charge in [0.25, 0.3) is 0 Å². The summed E-state index contributed by atoms with van der Waals surface area (Å²) in [7, 11) is 3.62. The molecule has 2 rings (SSSR count). The molecule has 114 valence electrons. The van der Waals surface area contributed by atoms with Crippen molar-refractivity contribution >= 4 is 15.9 Å². The lowest BCUT2D eigenvalue weighted by Gasteiger charge is -2.17. The molecule has 0 saturated carbocycles. The Hall–Kier alpha value is -1.37. The van der Waals surface area contributed by atoms with Gasteiger partial charge in [-0.15, -0.1) is 0 Å². The van der Waals surface area contributed by atoms with Crippen LogP contribution in [0.25, 0.3) is 0 Å². The number of rotatable bonds is 6. The van der Waals surface area contributed by atoms with Crippen molar-refractivity contribution in [2.24, 2.45) is 12.9 Å². The van der Waals surface area contributed by atoms with Crippen LogP contribution in [0.2, 0.25) is 0 Å². The Labute approximate surface area is 133 Å². The molecule has 0 aliphatic rings. The van der Waals surface area contributed by atoms with Crippen molar-refractivity contribution < 1.29 is 4.74 Å². The number of nitrogens with one attached hydrogen (secondary N) is 1. The second-order valence-corrected chi connectivity index (χ2v) is 5.68. The molecule has 0 saturated heterocycles. The maximum atomic E-state index is 5.75. The molecule has 0 aliphatic carbocycles. The molecule has 1 aromatic carbocycles. The molecule has 1 unspecified atom stereocenters. The number of nitrogens with two attached hydrogens (primary N) is 1. The van der Waals surface area contributed by atoms with E-state index in [0.717, 1.165) is 40.0 Å². The Morgan fingerprint density at radius 2 is 2.24 bits per heavy atom. The maximum Gasteiger partial charge on any atom is 0.119 e. The van der Waals surface area contributed by atoms with Crippen molar-refractivity contribution in [3.63, 3.8) is 0 Å². The highest BCUT2D eigenvalue weighted by atomic mass is 79.9. The molecule has 1 aromatic heterocycles. The summed E-state index contributed by atoms with van der Waals surface area (Å²) in [6, 6.07) is 7.92. The van der Waals surface area contributed by atoms with Gasteiger partial charge in [0.1, 0.15) is 5.75 Å². The number of halogens is 1. The molecule has 0 radical (unpaired) electrons. The molecule has 5 nitrogen and oxygen atoms in total. The fourth-order valence-electron chi connectivity index (χ4n) is 2.37. The largest absolute Gasteiger partial charge is 0.497 e. The van der Waals surface area contributed by atoms with E-state index >= 15 is 0 Å². The van der Waals surface area contributed by atoms with Crippen LogP contribution in [0.15, 0.2) is 28.7 Å². The van der Waals surface area contributed by atoms with Crippen molar-refractivity contribution in [3.8, 4) is 5.75 Å². The molecular weight excluding hydrogens is 332 g/mol. The molecule has 0 fully saturated rings. The number of hydrogen-bond donors (Lipinski definition) is 2. The molecule has 1 heterocycles. The van der Waals surface area contributed by atoms with Gasteiger partial charge in [0.05, 0.1) is 29.0 Å². The Morgan fingerprint density at radius 1 is 1.48 bits per heavy atom. The van der Waals surface area contributed by atoms with E-state index in [4.69, 9.17) is 10.6 Å². The number of benzene rings is 1.